The largest absolute Gasteiger partial charge is 0.316 e. The minimum Gasteiger partial charge on any atom is -0.316 e. The summed E-state index contributed by atoms with van der Waals surface area (Å²) in [5, 5.41) is 8.03. The van der Waals surface area contributed by atoms with Gasteiger partial charge in [-0.05, 0) is 53.6 Å². The zero-order valence-electron chi connectivity index (χ0n) is 12.6. The number of nitrogens with zero attached hydrogens (tertiary/aromatic N) is 1. The fourth-order valence-electron chi connectivity index (χ4n) is 2.58. The van der Waals surface area contributed by atoms with Gasteiger partial charge in [0.1, 0.15) is 0 Å². The first-order valence-corrected chi connectivity index (χ1v) is 8.57. The highest BCUT2D eigenvalue weighted by atomic mass is 32.1. The van der Waals surface area contributed by atoms with Crippen molar-refractivity contribution in [2.45, 2.75) is 52.6 Å². The van der Waals surface area contributed by atoms with Crippen LogP contribution in [0.3, 0.4) is 0 Å². The predicted octanol–water partition coefficient (Wildman–Crippen LogP) is 3.74. The van der Waals surface area contributed by atoms with Gasteiger partial charge in [0.25, 0.3) is 0 Å². The number of rotatable bonds is 9. The molecule has 1 atom stereocenters. The van der Waals surface area contributed by atoms with Crippen LogP contribution in [-0.4, -0.2) is 30.6 Å². The molecular formula is C16H28N2S. The molecule has 0 aliphatic heterocycles. The molecule has 1 aliphatic carbocycles. The van der Waals surface area contributed by atoms with Crippen molar-refractivity contribution in [3.05, 3.63) is 22.4 Å². The SMILES string of the molecule is CCNCC(C)(CC)CN(Cc1ccsc1)C1CC1. The number of thiophene rings is 1. The van der Waals surface area contributed by atoms with Crippen LogP contribution in [0.4, 0.5) is 0 Å². The van der Waals surface area contributed by atoms with Crippen LogP contribution in [0, 0.1) is 5.41 Å². The van der Waals surface area contributed by atoms with Crippen molar-refractivity contribution >= 4 is 11.3 Å². The molecule has 1 aromatic heterocycles. The van der Waals surface area contributed by atoms with Gasteiger partial charge < -0.3 is 5.32 Å². The molecule has 1 saturated carbocycles. The fourth-order valence-corrected chi connectivity index (χ4v) is 3.24. The molecule has 1 fully saturated rings. The van der Waals surface area contributed by atoms with Gasteiger partial charge in [0.15, 0.2) is 0 Å². The van der Waals surface area contributed by atoms with Crippen LogP contribution in [-0.2, 0) is 6.54 Å². The first-order valence-electron chi connectivity index (χ1n) is 7.62. The summed E-state index contributed by atoms with van der Waals surface area (Å²) in [7, 11) is 0. The summed E-state index contributed by atoms with van der Waals surface area (Å²) in [6, 6.07) is 3.11. The average Bonchev–Trinajstić information content (AvgIpc) is 3.14. The van der Waals surface area contributed by atoms with Crippen molar-refractivity contribution in [1.29, 1.82) is 0 Å². The monoisotopic (exact) mass is 280 g/mol. The van der Waals surface area contributed by atoms with Gasteiger partial charge in [-0.1, -0.05) is 20.8 Å². The van der Waals surface area contributed by atoms with E-state index in [-0.39, 0.29) is 0 Å². The van der Waals surface area contributed by atoms with E-state index in [1.165, 1.54) is 31.4 Å². The lowest BCUT2D eigenvalue weighted by atomic mass is 9.86. The van der Waals surface area contributed by atoms with Gasteiger partial charge >= 0.3 is 0 Å². The van der Waals surface area contributed by atoms with E-state index in [0.717, 1.165) is 25.7 Å². The Balaban J connectivity index is 1.94. The fraction of sp³-hybridized carbons (Fsp3) is 0.750. The number of hydrogen-bond acceptors (Lipinski definition) is 3. The Morgan fingerprint density at radius 1 is 1.42 bits per heavy atom. The molecule has 19 heavy (non-hydrogen) atoms. The normalized spacial score (nSPS) is 18.7. The Morgan fingerprint density at radius 2 is 2.21 bits per heavy atom. The van der Waals surface area contributed by atoms with Gasteiger partial charge in [-0.2, -0.15) is 11.3 Å². The van der Waals surface area contributed by atoms with E-state index in [4.69, 9.17) is 0 Å². The molecule has 1 aliphatic rings. The molecule has 108 valence electrons. The van der Waals surface area contributed by atoms with Gasteiger partial charge in [-0.3, -0.25) is 4.90 Å². The molecule has 2 rings (SSSR count). The Bertz CT molecular complexity index is 359. The van der Waals surface area contributed by atoms with Crippen molar-refractivity contribution in [3.63, 3.8) is 0 Å². The summed E-state index contributed by atoms with van der Waals surface area (Å²) in [6.07, 6.45) is 4.03. The molecule has 1 unspecified atom stereocenters. The van der Waals surface area contributed by atoms with E-state index in [2.05, 4.69) is 47.8 Å². The summed E-state index contributed by atoms with van der Waals surface area (Å²) < 4.78 is 0. The summed E-state index contributed by atoms with van der Waals surface area (Å²) in [6.45, 7) is 11.5. The standard InChI is InChI=1S/C16H28N2S/c1-4-16(3,12-17-5-2)13-18(15-6-7-15)10-14-8-9-19-11-14/h8-9,11,15,17H,4-7,10,12-13H2,1-3H3. The molecule has 0 spiro atoms. The van der Waals surface area contributed by atoms with Crippen LogP contribution in [0.15, 0.2) is 16.8 Å². The molecule has 0 aromatic carbocycles. The average molecular weight is 280 g/mol. The second-order valence-corrected chi connectivity index (χ2v) is 6.99. The third kappa shape index (κ3) is 4.59. The lowest BCUT2D eigenvalue weighted by molar-refractivity contribution is 0.142. The van der Waals surface area contributed by atoms with Crippen LogP contribution in [0.1, 0.15) is 45.6 Å². The van der Waals surface area contributed by atoms with Crippen LogP contribution < -0.4 is 5.32 Å². The van der Waals surface area contributed by atoms with E-state index >= 15 is 0 Å². The Morgan fingerprint density at radius 3 is 2.74 bits per heavy atom. The van der Waals surface area contributed by atoms with Crippen molar-refractivity contribution in [2.24, 2.45) is 5.41 Å². The highest BCUT2D eigenvalue weighted by Crippen LogP contribution is 2.33. The quantitative estimate of drug-likeness (QED) is 0.741. The Kier molecular flexibility index (Phi) is 5.43. The van der Waals surface area contributed by atoms with Crippen LogP contribution in [0.2, 0.25) is 0 Å². The highest BCUT2D eigenvalue weighted by molar-refractivity contribution is 7.07. The zero-order chi connectivity index (χ0) is 13.7. The van der Waals surface area contributed by atoms with Gasteiger partial charge in [-0.15, -0.1) is 0 Å². The second kappa shape index (κ2) is 6.87. The maximum Gasteiger partial charge on any atom is 0.0245 e. The third-order valence-electron chi connectivity index (χ3n) is 4.27. The van der Waals surface area contributed by atoms with Crippen molar-refractivity contribution in [2.75, 3.05) is 19.6 Å². The van der Waals surface area contributed by atoms with Gasteiger partial charge in [0.05, 0.1) is 0 Å². The van der Waals surface area contributed by atoms with E-state index in [1.807, 2.05) is 11.3 Å². The van der Waals surface area contributed by atoms with Crippen molar-refractivity contribution in [1.82, 2.24) is 10.2 Å². The maximum atomic E-state index is 3.54. The van der Waals surface area contributed by atoms with Crippen LogP contribution >= 0.6 is 11.3 Å². The van der Waals surface area contributed by atoms with Gasteiger partial charge in [0, 0.05) is 25.7 Å². The van der Waals surface area contributed by atoms with Gasteiger partial charge in [0.2, 0.25) is 0 Å². The molecule has 0 saturated heterocycles. The lowest BCUT2D eigenvalue weighted by Crippen LogP contribution is -2.42. The smallest absolute Gasteiger partial charge is 0.0245 e. The summed E-state index contributed by atoms with van der Waals surface area (Å²) in [5.74, 6) is 0. The Hall–Kier alpha value is -0.380. The van der Waals surface area contributed by atoms with E-state index in [0.29, 0.717) is 5.41 Å². The maximum absolute atomic E-state index is 3.54. The van der Waals surface area contributed by atoms with Crippen LogP contribution in [0.5, 0.6) is 0 Å². The van der Waals surface area contributed by atoms with Crippen molar-refractivity contribution < 1.29 is 0 Å². The zero-order valence-corrected chi connectivity index (χ0v) is 13.4. The molecule has 0 radical (unpaired) electrons. The third-order valence-corrected chi connectivity index (χ3v) is 5.00. The number of nitrogens with one attached hydrogen (secondary N) is 1. The second-order valence-electron chi connectivity index (χ2n) is 6.21. The summed E-state index contributed by atoms with van der Waals surface area (Å²) in [5.41, 5.74) is 1.88. The molecule has 1 N–H and O–H groups in total. The van der Waals surface area contributed by atoms with Gasteiger partial charge in [-0.25, -0.2) is 0 Å². The van der Waals surface area contributed by atoms with E-state index in [1.54, 1.807) is 0 Å². The highest BCUT2D eigenvalue weighted by Gasteiger charge is 2.34. The first-order chi connectivity index (χ1) is 9.17. The minimum atomic E-state index is 0.397. The molecule has 0 amide bonds. The molecule has 2 nitrogen and oxygen atoms in total. The van der Waals surface area contributed by atoms with E-state index < -0.39 is 0 Å². The molecule has 1 aromatic rings. The van der Waals surface area contributed by atoms with Crippen molar-refractivity contribution in [3.8, 4) is 0 Å². The number of hydrogen-bond donors (Lipinski definition) is 1. The van der Waals surface area contributed by atoms with Crippen LogP contribution in [0.25, 0.3) is 0 Å². The van der Waals surface area contributed by atoms with E-state index in [9.17, 15) is 0 Å². The first kappa shape index (κ1) is 15.0. The summed E-state index contributed by atoms with van der Waals surface area (Å²) >= 11 is 1.81. The minimum absolute atomic E-state index is 0.397. The summed E-state index contributed by atoms with van der Waals surface area (Å²) in [4.78, 5) is 2.71. The molecule has 3 heteroatoms. The lowest BCUT2D eigenvalue weighted by Gasteiger charge is -2.35. The predicted molar refractivity (Wildman–Crippen MR) is 84.7 cm³/mol. The molecular weight excluding hydrogens is 252 g/mol. The Labute approximate surface area is 122 Å². The molecule has 1 heterocycles. The topological polar surface area (TPSA) is 15.3 Å². The molecule has 0 bridgehead atoms.